The first-order valence-electron chi connectivity index (χ1n) is 6.76. The molecule has 1 aromatic carbocycles. The second-order valence-electron chi connectivity index (χ2n) is 4.68. The number of nitrogens with zero attached hydrogens (tertiary/aromatic N) is 2. The number of imidazole rings is 1. The maximum Gasteiger partial charge on any atom is 0.178 e. The Morgan fingerprint density at radius 2 is 2.11 bits per heavy atom. The van der Waals surface area contributed by atoms with Gasteiger partial charge in [-0.15, -0.1) is 0 Å². The van der Waals surface area contributed by atoms with Crippen molar-refractivity contribution in [2.24, 2.45) is 0 Å². The van der Waals surface area contributed by atoms with Gasteiger partial charge in [0, 0.05) is 18.1 Å². The molecule has 1 aromatic heterocycles. The van der Waals surface area contributed by atoms with Crippen molar-refractivity contribution in [2.75, 3.05) is 19.6 Å². The maximum atomic E-state index is 6.00. The quantitative estimate of drug-likeness (QED) is 0.812. The van der Waals surface area contributed by atoms with Gasteiger partial charge in [-0.1, -0.05) is 25.4 Å². The van der Waals surface area contributed by atoms with E-state index in [9.17, 15) is 0 Å². The SMILES string of the molecule is CCCN(CC)CCn1c(=S)[nH]c2cc(Cl)ccc21. The molecule has 0 spiro atoms. The number of rotatable bonds is 6. The average Bonchev–Trinajstić information content (AvgIpc) is 2.69. The van der Waals surface area contributed by atoms with Crippen molar-refractivity contribution in [3.05, 3.63) is 28.0 Å². The normalized spacial score (nSPS) is 11.6. The number of hydrogen-bond donors (Lipinski definition) is 1. The Morgan fingerprint density at radius 1 is 1.32 bits per heavy atom. The van der Waals surface area contributed by atoms with Gasteiger partial charge in [0.25, 0.3) is 0 Å². The van der Waals surface area contributed by atoms with Crippen molar-refractivity contribution < 1.29 is 0 Å². The van der Waals surface area contributed by atoms with E-state index in [4.69, 9.17) is 23.8 Å². The van der Waals surface area contributed by atoms with E-state index < -0.39 is 0 Å². The van der Waals surface area contributed by atoms with Crippen LogP contribution in [0.5, 0.6) is 0 Å². The molecule has 104 valence electrons. The zero-order valence-corrected chi connectivity index (χ0v) is 13.0. The molecule has 1 N–H and O–H groups in total. The minimum Gasteiger partial charge on any atom is -0.331 e. The summed E-state index contributed by atoms with van der Waals surface area (Å²) in [7, 11) is 0. The summed E-state index contributed by atoms with van der Waals surface area (Å²) >= 11 is 11.4. The zero-order valence-electron chi connectivity index (χ0n) is 11.4. The summed E-state index contributed by atoms with van der Waals surface area (Å²) in [6, 6.07) is 5.86. The lowest BCUT2D eigenvalue weighted by Gasteiger charge is -2.19. The standard InChI is InChI=1S/C14H20ClN3S/c1-3-7-17(4-2)8-9-18-13-6-5-11(15)10-12(13)16-14(18)19/h5-6,10H,3-4,7-9H2,1-2H3,(H,16,19). The summed E-state index contributed by atoms with van der Waals surface area (Å²) in [6.07, 6.45) is 1.18. The summed E-state index contributed by atoms with van der Waals surface area (Å²) in [6.45, 7) is 8.56. The van der Waals surface area contributed by atoms with E-state index in [1.54, 1.807) is 0 Å². The van der Waals surface area contributed by atoms with Gasteiger partial charge < -0.3 is 14.5 Å². The van der Waals surface area contributed by atoms with Crippen LogP contribution in [0.15, 0.2) is 18.2 Å². The Labute approximate surface area is 124 Å². The summed E-state index contributed by atoms with van der Waals surface area (Å²) in [5, 5.41) is 0.733. The topological polar surface area (TPSA) is 24.0 Å². The van der Waals surface area contributed by atoms with Gasteiger partial charge in [0.15, 0.2) is 4.77 Å². The molecule has 0 atom stereocenters. The van der Waals surface area contributed by atoms with Crippen molar-refractivity contribution in [3.63, 3.8) is 0 Å². The molecule has 0 unspecified atom stereocenters. The lowest BCUT2D eigenvalue weighted by molar-refractivity contribution is 0.277. The third kappa shape index (κ3) is 3.38. The van der Waals surface area contributed by atoms with Crippen LogP contribution < -0.4 is 0 Å². The summed E-state index contributed by atoms with van der Waals surface area (Å²) in [5.74, 6) is 0. The van der Waals surface area contributed by atoms with Gasteiger partial charge in [0.2, 0.25) is 0 Å². The number of H-pyrrole nitrogens is 1. The number of hydrogen-bond acceptors (Lipinski definition) is 2. The molecule has 3 nitrogen and oxygen atoms in total. The first-order chi connectivity index (χ1) is 9.15. The molecule has 2 aromatic rings. The van der Waals surface area contributed by atoms with Gasteiger partial charge in [0.05, 0.1) is 11.0 Å². The Kier molecular flexibility index (Phi) is 5.02. The zero-order chi connectivity index (χ0) is 13.8. The molecule has 0 aliphatic rings. The number of benzene rings is 1. The van der Waals surface area contributed by atoms with Crippen molar-refractivity contribution in [1.82, 2.24) is 14.5 Å². The molecule has 5 heteroatoms. The molecule has 0 saturated carbocycles. The molecule has 19 heavy (non-hydrogen) atoms. The minimum absolute atomic E-state index is 0.733. The number of likely N-dealkylation sites (N-methyl/N-ethyl adjacent to an activating group) is 1. The van der Waals surface area contributed by atoms with Crippen molar-refractivity contribution in [1.29, 1.82) is 0 Å². The first-order valence-corrected chi connectivity index (χ1v) is 7.54. The third-order valence-corrected chi connectivity index (χ3v) is 3.92. The largest absolute Gasteiger partial charge is 0.331 e. The van der Waals surface area contributed by atoms with E-state index in [0.29, 0.717) is 0 Å². The molecule has 0 bridgehead atoms. The fourth-order valence-corrected chi connectivity index (χ4v) is 2.82. The average molecular weight is 298 g/mol. The van der Waals surface area contributed by atoms with E-state index in [-0.39, 0.29) is 0 Å². The van der Waals surface area contributed by atoms with Crippen molar-refractivity contribution >= 4 is 34.9 Å². The molecule has 0 fully saturated rings. The molecule has 0 aliphatic heterocycles. The second-order valence-corrected chi connectivity index (χ2v) is 5.50. The summed E-state index contributed by atoms with van der Waals surface area (Å²) < 4.78 is 2.92. The van der Waals surface area contributed by atoms with Crippen LogP contribution in [0.3, 0.4) is 0 Å². The van der Waals surface area contributed by atoms with Gasteiger partial charge in [-0.3, -0.25) is 0 Å². The lowest BCUT2D eigenvalue weighted by Crippen LogP contribution is -2.28. The highest BCUT2D eigenvalue weighted by atomic mass is 35.5. The third-order valence-electron chi connectivity index (χ3n) is 3.36. The summed E-state index contributed by atoms with van der Waals surface area (Å²) in [5.41, 5.74) is 2.14. The van der Waals surface area contributed by atoms with Crippen LogP contribution in [-0.2, 0) is 6.54 Å². The van der Waals surface area contributed by atoms with E-state index in [1.165, 1.54) is 6.42 Å². The number of halogens is 1. The molecule has 0 aliphatic carbocycles. The number of aromatic amines is 1. The summed E-state index contributed by atoms with van der Waals surface area (Å²) in [4.78, 5) is 5.66. The molecule has 2 rings (SSSR count). The molecule has 0 radical (unpaired) electrons. The van der Waals surface area contributed by atoms with Crippen LogP contribution in [-0.4, -0.2) is 34.1 Å². The highest BCUT2D eigenvalue weighted by molar-refractivity contribution is 7.71. The van der Waals surface area contributed by atoms with Crippen LogP contribution in [0, 0.1) is 4.77 Å². The van der Waals surface area contributed by atoms with E-state index in [0.717, 1.165) is 47.0 Å². The van der Waals surface area contributed by atoms with Gasteiger partial charge in [-0.05, 0) is 49.9 Å². The Bertz CT molecular complexity index is 602. The smallest absolute Gasteiger partial charge is 0.178 e. The van der Waals surface area contributed by atoms with Crippen LogP contribution in [0.1, 0.15) is 20.3 Å². The predicted octanol–water partition coefficient (Wildman–Crippen LogP) is 4.08. The van der Waals surface area contributed by atoms with Gasteiger partial charge >= 0.3 is 0 Å². The van der Waals surface area contributed by atoms with Crippen LogP contribution in [0.4, 0.5) is 0 Å². The predicted molar refractivity (Wildman–Crippen MR) is 84.5 cm³/mol. The van der Waals surface area contributed by atoms with Gasteiger partial charge in [-0.25, -0.2) is 0 Å². The minimum atomic E-state index is 0.733. The van der Waals surface area contributed by atoms with Crippen molar-refractivity contribution in [2.45, 2.75) is 26.8 Å². The van der Waals surface area contributed by atoms with Crippen LogP contribution >= 0.6 is 23.8 Å². The van der Waals surface area contributed by atoms with Crippen LogP contribution in [0.25, 0.3) is 11.0 Å². The fourth-order valence-electron chi connectivity index (χ4n) is 2.34. The fraction of sp³-hybridized carbons (Fsp3) is 0.500. The van der Waals surface area contributed by atoms with E-state index in [1.807, 2.05) is 18.2 Å². The highest BCUT2D eigenvalue weighted by Gasteiger charge is 2.07. The van der Waals surface area contributed by atoms with E-state index >= 15 is 0 Å². The second kappa shape index (κ2) is 6.55. The Hall–Kier alpha value is -0.840. The number of fused-ring (bicyclic) bond motifs is 1. The molecule has 0 amide bonds. The Balaban J connectivity index is 2.20. The molecular formula is C14H20ClN3S. The molecule has 0 saturated heterocycles. The lowest BCUT2D eigenvalue weighted by atomic mass is 10.3. The Morgan fingerprint density at radius 3 is 2.79 bits per heavy atom. The van der Waals surface area contributed by atoms with Gasteiger partial charge in [-0.2, -0.15) is 0 Å². The molecule has 1 heterocycles. The van der Waals surface area contributed by atoms with Crippen LogP contribution in [0.2, 0.25) is 5.02 Å². The first kappa shape index (κ1) is 14.6. The maximum absolute atomic E-state index is 6.00. The molecular weight excluding hydrogens is 278 g/mol. The van der Waals surface area contributed by atoms with Gasteiger partial charge in [0.1, 0.15) is 0 Å². The number of aromatic nitrogens is 2. The van der Waals surface area contributed by atoms with Crippen molar-refractivity contribution in [3.8, 4) is 0 Å². The number of nitrogens with one attached hydrogen (secondary N) is 1. The highest BCUT2D eigenvalue weighted by Crippen LogP contribution is 2.19. The monoisotopic (exact) mass is 297 g/mol. The van der Waals surface area contributed by atoms with E-state index in [2.05, 4.69) is 28.3 Å².